The molecule has 0 unspecified atom stereocenters. The number of rotatable bonds is 3. The van der Waals surface area contributed by atoms with Gasteiger partial charge in [0.25, 0.3) is 0 Å². The van der Waals surface area contributed by atoms with Crippen molar-refractivity contribution in [3.63, 3.8) is 0 Å². The first-order chi connectivity index (χ1) is 24.8. The minimum Gasteiger partial charge on any atom is -0.208 e. The zero-order valence-electron chi connectivity index (χ0n) is 26.9. The lowest BCUT2D eigenvalue weighted by Gasteiger charge is -2.17. The third-order valence-corrected chi connectivity index (χ3v) is 10.4. The highest BCUT2D eigenvalue weighted by Crippen LogP contribution is 2.44. The minimum absolute atomic E-state index is 0.654. The number of nitrogens with zero attached hydrogens (tertiary/aromatic N) is 3. The van der Waals surface area contributed by atoms with Gasteiger partial charge in [0.1, 0.15) is 0 Å². The van der Waals surface area contributed by atoms with Crippen molar-refractivity contribution in [3.05, 3.63) is 164 Å². The first-order valence-corrected chi connectivity index (χ1v) is 17.0. The second-order valence-corrected chi connectivity index (χ2v) is 13.2. The van der Waals surface area contributed by atoms with E-state index in [0.717, 1.165) is 27.5 Å². The Hall–Kier alpha value is -6.71. The van der Waals surface area contributed by atoms with Gasteiger partial charge in [0.2, 0.25) is 0 Å². The van der Waals surface area contributed by atoms with Crippen LogP contribution in [0.5, 0.6) is 0 Å². The maximum atomic E-state index is 5.21. The van der Waals surface area contributed by atoms with Crippen LogP contribution in [0.3, 0.4) is 0 Å². The lowest BCUT2D eigenvalue weighted by Crippen LogP contribution is -2.00. The van der Waals surface area contributed by atoms with Crippen molar-refractivity contribution in [3.8, 4) is 34.2 Å². The van der Waals surface area contributed by atoms with E-state index in [2.05, 4.69) is 146 Å². The summed E-state index contributed by atoms with van der Waals surface area (Å²) in [6, 6.07) is 58.8. The van der Waals surface area contributed by atoms with Crippen LogP contribution in [0.15, 0.2) is 164 Å². The van der Waals surface area contributed by atoms with Crippen molar-refractivity contribution in [1.82, 2.24) is 15.0 Å². The molecule has 1 heterocycles. The Morgan fingerprint density at radius 1 is 0.240 bits per heavy atom. The predicted octanol–water partition coefficient (Wildman–Crippen LogP) is 12.4. The first kappa shape index (κ1) is 27.3. The normalized spacial score (nSPS) is 12.0. The molecule has 0 amide bonds. The van der Waals surface area contributed by atoms with Gasteiger partial charge in [0.05, 0.1) is 0 Å². The molecule has 3 heteroatoms. The third-order valence-electron chi connectivity index (χ3n) is 10.4. The Bertz CT molecular complexity index is 3140. The Balaban J connectivity index is 1.28. The van der Waals surface area contributed by atoms with Gasteiger partial charge >= 0.3 is 0 Å². The molecule has 0 saturated heterocycles. The van der Waals surface area contributed by atoms with Crippen LogP contribution in [0.2, 0.25) is 0 Å². The monoisotopic (exact) mass is 633 g/mol. The van der Waals surface area contributed by atoms with Crippen LogP contribution >= 0.6 is 0 Å². The van der Waals surface area contributed by atoms with E-state index in [4.69, 9.17) is 15.0 Å². The summed E-state index contributed by atoms with van der Waals surface area (Å²) in [5.74, 6) is 1.97. The molecular formula is C47H27N3. The highest BCUT2D eigenvalue weighted by molar-refractivity contribution is 6.37. The van der Waals surface area contributed by atoms with E-state index in [-0.39, 0.29) is 0 Å². The molecule has 0 radical (unpaired) electrons. The van der Waals surface area contributed by atoms with Gasteiger partial charge in [-0.3, -0.25) is 0 Å². The summed E-state index contributed by atoms with van der Waals surface area (Å²) in [7, 11) is 0. The summed E-state index contributed by atoms with van der Waals surface area (Å²) in [5.41, 5.74) is 2.88. The summed E-state index contributed by atoms with van der Waals surface area (Å²) in [5, 5.41) is 17.3. The van der Waals surface area contributed by atoms with Gasteiger partial charge in [0, 0.05) is 16.7 Å². The summed E-state index contributed by atoms with van der Waals surface area (Å²) < 4.78 is 0. The molecule has 0 fully saturated rings. The van der Waals surface area contributed by atoms with E-state index in [0.29, 0.717) is 17.5 Å². The molecular weight excluding hydrogens is 607 g/mol. The zero-order valence-corrected chi connectivity index (χ0v) is 26.9. The van der Waals surface area contributed by atoms with Crippen LogP contribution in [0, 0.1) is 0 Å². The molecule has 0 aliphatic heterocycles. The van der Waals surface area contributed by atoms with Crippen LogP contribution < -0.4 is 0 Å². The fourth-order valence-corrected chi connectivity index (χ4v) is 8.09. The average Bonchev–Trinajstić information content (AvgIpc) is 3.19. The molecule has 0 saturated carbocycles. The molecule has 11 rings (SSSR count). The van der Waals surface area contributed by atoms with Gasteiger partial charge in [-0.2, -0.15) is 0 Å². The topological polar surface area (TPSA) is 38.7 Å². The van der Waals surface area contributed by atoms with Gasteiger partial charge in [-0.15, -0.1) is 0 Å². The molecule has 0 spiro atoms. The molecule has 0 aliphatic carbocycles. The van der Waals surface area contributed by atoms with Crippen molar-refractivity contribution in [1.29, 1.82) is 0 Å². The Morgan fingerprint density at radius 3 is 1.32 bits per heavy atom. The van der Waals surface area contributed by atoms with Gasteiger partial charge in [0.15, 0.2) is 17.5 Å². The molecule has 11 aromatic rings. The van der Waals surface area contributed by atoms with Crippen molar-refractivity contribution < 1.29 is 0 Å². The van der Waals surface area contributed by atoms with Crippen LogP contribution in [-0.2, 0) is 0 Å². The molecule has 10 aromatic carbocycles. The second kappa shape index (κ2) is 10.4. The van der Waals surface area contributed by atoms with E-state index < -0.39 is 0 Å². The fourth-order valence-electron chi connectivity index (χ4n) is 8.09. The highest BCUT2D eigenvalue weighted by Gasteiger charge is 2.18. The smallest absolute Gasteiger partial charge is 0.164 e. The first-order valence-electron chi connectivity index (χ1n) is 17.0. The summed E-state index contributed by atoms with van der Waals surface area (Å²) in [4.78, 5) is 15.4. The second-order valence-electron chi connectivity index (χ2n) is 13.2. The maximum Gasteiger partial charge on any atom is 0.164 e. The molecule has 3 nitrogen and oxygen atoms in total. The Labute approximate surface area is 287 Å². The van der Waals surface area contributed by atoms with E-state index in [1.807, 2.05) is 18.2 Å². The fraction of sp³-hybridized carbons (Fsp3) is 0. The Morgan fingerprint density at radius 2 is 0.680 bits per heavy atom. The van der Waals surface area contributed by atoms with Crippen LogP contribution in [-0.4, -0.2) is 15.0 Å². The zero-order chi connectivity index (χ0) is 32.8. The van der Waals surface area contributed by atoms with E-state index in [1.54, 1.807) is 0 Å². The SMILES string of the molecule is c1ccc(-c2nc(-c3ccc4ccccc4c3)nc(-c3cc4ccc5cccc6c7cccc8ccc9cccc(c(c3)c4c56)c9c87)n2)cc1. The number of fused-ring (bicyclic) bond motifs is 3. The predicted molar refractivity (Wildman–Crippen MR) is 210 cm³/mol. The third kappa shape index (κ3) is 4.01. The number of benzene rings is 9. The largest absolute Gasteiger partial charge is 0.208 e. The summed E-state index contributed by atoms with van der Waals surface area (Å²) in [6.07, 6.45) is 0. The number of aromatic nitrogens is 3. The van der Waals surface area contributed by atoms with Crippen molar-refractivity contribution in [2.45, 2.75) is 0 Å². The Kier molecular flexibility index (Phi) is 5.67. The lowest BCUT2D eigenvalue weighted by molar-refractivity contribution is 1.08. The maximum absolute atomic E-state index is 5.21. The molecule has 0 bridgehead atoms. The van der Waals surface area contributed by atoms with E-state index >= 15 is 0 Å². The van der Waals surface area contributed by atoms with Crippen molar-refractivity contribution in [2.75, 3.05) is 0 Å². The van der Waals surface area contributed by atoms with Gasteiger partial charge in [-0.25, -0.2) is 15.0 Å². The number of hydrogen-bond acceptors (Lipinski definition) is 3. The molecule has 0 N–H and O–H groups in total. The van der Waals surface area contributed by atoms with Crippen molar-refractivity contribution >= 4 is 75.4 Å². The van der Waals surface area contributed by atoms with Gasteiger partial charge in [-0.05, 0) is 93.6 Å². The highest BCUT2D eigenvalue weighted by atomic mass is 15.0. The lowest BCUT2D eigenvalue weighted by atomic mass is 9.87. The summed E-state index contributed by atoms with van der Waals surface area (Å²) >= 11 is 0. The molecule has 230 valence electrons. The van der Waals surface area contributed by atoms with Crippen LogP contribution in [0.1, 0.15) is 0 Å². The van der Waals surface area contributed by atoms with Gasteiger partial charge in [-0.1, -0.05) is 146 Å². The summed E-state index contributed by atoms with van der Waals surface area (Å²) in [6.45, 7) is 0. The molecule has 0 aliphatic rings. The van der Waals surface area contributed by atoms with E-state index in [1.165, 1.54) is 64.6 Å². The molecule has 0 atom stereocenters. The van der Waals surface area contributed by atoms with Crippen molar-refractivity contribution in [2.24, 2.45) is 0 Å². The molecule has 1 aromatic heterocycles. The van der Waals surface area contributed by atoms with E-state index in [9.17, 15) is 0 Å². The molecule has 50 heavy (non-hydrogen) atoms. The quantitative estimate of drug-likeness (QED) is 0.182. The van der Waals surface area contributed by atoms with Crippen LogP contribution in [0.25, 0.3) is 110 Å². The van der Waals surface area contributed by atoms with Gasteiger partial charge < -0.3 is 0 Å². The van der Waals surface area contributed by atoms with Crippen LogP contribution in [0.4, 0.5) is 0 Å². The number of hydrogen-bond donors (Lipinski definition) is 0. The average molecular weight is 634 g/mol. The minimum atomic E-state index is 0.654. The standard InChI is InChI=1S/C47H27N3/c1-2-10-32(11-3-1)45-48-46(35-24-19-28-9-4-5-12-33(28)25-35)50-47(49-45)36-26-34-23-22-31-14-7-17-38-37-16-6-13-29-20-21-30-15-8-18-39(43(30)41(29)37)40(27-36)44(34)42(31)38/h1-27H.